The van der Waals surface area contributed by atoms with E-state index in [2.05, 4.69) is 5.32 Å². The van der Waals surface area contributed by atoms with Crippen LogP contribution in [0, 0.1) is 11.3 Å². The first kappa shape index (κ1) is 41.7. The SMILES string of the molecule is CC(N)C(=O)C(C(=O)O)(N(C(=O)CCC(O)C(N)Cc1ccccc1)C(=O)C(N)C(C)C)C(C)(C)C(=O)C(C)NC(=O)OCc1ccccc1. The molecule has 6 unspecified atom stereocenters. The Kier molecular flexibility index (Phi) is 15.0. The summed E-state index contributed by atoms with van der Waals surface area (Å²) in [6, 6.07) is 12.3. The average Bonchev–Trinajstić information content (AvgIpc) is 3.07. The Morgan fingerprint density at radius 1 is 0.840 bits per heavy atom. The molecule has 2 rings (SSSR count). The van der Waals surface area contributed by atoms with E-state index in [0.29, 0.717) is 5.56 Å². The molecule has 14 nitrogen and oxygen atoms in total. The molecule has 6 atom stereocenters. The van der Waals surface area contributed by atoms with Crippen LogP contribution in [-0.2, 0) is 41.7 Å². The van der Waals surface area contributed by atoms with Crippen LogP contribution in [0.25, 0.3) is 0 Å². The number of aliphatic hydroxyl groups is 1. The first-order valence-electron chi connectivity index (χ1n) is 16.4. The van der Waals surface area contributed by atoms with Crippen LogP contribution >= 0.6 is 0 Å². The van der Waals surface area contributed by atoms with Gasteiger partial charge in [-0.25, -0.2) is 9.59 Å². The van der Waals surface area contributed by atoms with Crippen molar-refractivity contribution >= 4 is 35.4 Å². The Balaban J connectivity index is 2.56. The van der Waals surface area contributed by atoms with Crippen LogP contribution in [0.5, 0.6) is 0 Å². The van der Waals surface area contributed by atoms with E-state index in [1.165, 1.54) is 6.92 Å². The van der Waals surface area contributed by atoms with Crippen molar-refractivity contribution in [3.63, 3.8) is 0 Å². The van der Waals surface area contributed by atoms with E-state index in [9.17, 15) is 39.0 Å². The van der Waals surface area contributed by atoms with Crippen molar-refractivity contribution in [2.75, 3.05) is 0 Å². The first-order chi connectivity index (χ1) is 23.3. The lowest BCUT2D eigenvalue weighted by Crippen LogP contribution is -2.77. The molecule has 0 heterocycles. The Hall–Kier alpha value is -4.50. The molecule has 2 aromatic rings. The van der Waals surface area contributed by atoms with E-state index < -0.39 is 89.0 Å². The number of carboxylic acids is 1. The molecule has 0 bridgehead atoms. The summed E-state index contributed by atoms with van der Waals surface area (Å²) in [6.07, 6.45) is -3.02. The van der Waals surface area contributed by atoms with Gasteiger partial charge in [0.05, 0.1) is 29.6 Å². The van der Waals surface area contributed by atoms with Crippen molar-refractivity contribution in [3.8, 4) is 0 Å². The van der Waals surface area contributed by atoms with E-state index in [1.807, 2.05) is 18.2 Å². The number of carbonyl (C=O) groups is 6. The van der Waals surface area contributed by atoms with E-state index in [4.69, 9.17) is 21.9 Å². The van der Waals surface area contributed by atoms with Crippen LogP contribution in [0.1, 0.15) is 65.5 Å². The highest BCUT2D eigenvalue weighted by Gasteiger charge is 2.68. The van der Waals surface area contributed by atoms with Gasteiger partial charge in [-0.1, -0.05) is 74.5 Å². The zero-order valence-electron chi connectivity index (χ0n) is 29.5. The fourth-order valence-corrected chi connectivity index (χ4v) is 5.75. The highest BCUT2D eigenvalue weighted by molar-refractivity contribution is 6.21. The number of imide groups is 1. The number of alkyl carbamates (subject to hydrolysis) is 1. The average molecular weight is 698 g/mol. The molecule has 14 heteroatoms. The lowest BCUT2D eigenvalue weighted by Gasteiger charge is -2.49. The number of nitrogens with two attached hydrogens (primary N) is 3. The van der Waals surface area contributed by atoms with Gasteiger partial charge in [0.1, 0.15) is 6.61 Å². The van der Waals surface area contributed by atoms with Crippen LogP contribution in [0.15, 0.2) is 60.7 Å². The summed E-state index contributed by atoms with van der Waals surface area (Å²) in [5.41, 5.74) is 14.2. The van der Waals surface area contributed by atoms with Crippen molar-refractivity contribution < 1.29 is 43.7 Å². The topological polar surface area (TPSA) is 245 Å². The largest absolute Gasteiger partial charge is 0.479 e. The maximum Gasteiger partial charge on any atom is 0.408 e. The number of carbonyl (C=O) groups excluding carboxylic acids is 5. The number of hydrogen-bond acceptors (Lipinski definition) is 11. The molecule has 0 aliphatic rings. The lowest BCUT2D eigenvalue weighted by molar-refractivity contribution is -0.183. The molecule has 0 saturated carbocycles. The molecule has 9 N–H and O–H groups in total. The number of carboxylic acid groups (broad SMARTS) is 1. The quantitative estimate of drug-likeness (QED) is 0.122. The Morgan fingerprint density at radius 2 is 1.36 bits per heavy atom. The minimum Gasteiger partial charge on any atom is -0.479 e. The minimum atomic E-state index is -3.24. The third-order valence-corrected chi connectivity index (χ3v) is 8.81. The minimum absolute atomic E-state index is 0.135. The normalized spacial score (nSPS) is 15.8. The van der Waals surface area contributed by atoms with Crippen LogP contribution in [0.2, 0.25) is 0 Å². The van der Waals surface area contributed by atoms with Crippen LogP contribution in [-0.4, -0.2) is 86.4 Å². The molecule has 274 valence electrons. The number of nitrogens with one attached hydrogen (secondary N) is 1. The number of Topliss-reactive ketones (excluding diaryl/α,β-unsaturated/α-hetero) is 2. The standard InChI is InChI=1S/C36H51N5O9/c1-21(2)29(39)32(46)41(28(43)18-17-27(42)26(38)19-24-13-9-7-10-14-24)36(33(47)48,30(44)22(3)37)35(5,6)31(45)23(4)40-34(49)50-20-25-15-11-8-12-16-25/h7-16,21-23,26-27,29,42H,17-20,37-39H2,1-6H3,(H,40,49)(H,47,48). The summed E-state index contributed by atoms with van der Waals surface area (Å²) in [5, 5.41) is 24.1. The van der Waals surface area contributed by atoms with Crippen molar-refractivity contribution in [3.05, 3.63) is 71.8 Å². The lowest BCUT2D eigenvalue weighted by atomic mass is 9.63. The maximum atomic E-state index is 14.2. The third-order valence-electron chi connectivity index (χ3n) is 8.81. The number of nitrogens with zero attached hydrogens (tertiary/aromatic N) is 1. The van der Waals surface area contributed by atoms with Gasteiger partial charge in [-0.15, -0.1) is 0 Å². The number of hydrogen-bond donors (Lipinski definition) is 6. The van der Waals surface area contributed by atoms with Gasteiger partial charge in [-0.05, 0) is 57.6 Å². The third kappa shape index (κ3) is 9.59. The van der Waals surface area contributed by atoms with Crippen LogP contribution < -0.4 is 22.5 Å². The monoisotopic (exact) mass is 697 g/mol. The summed E-state index contributed by atoms with van der Waals surface area (Å²) in [5.74, 6) is -7.46. The number of benzene rings is 2. The highest BCUT2D eigenvalue weighted by Crippen LogP contribution is 2.41. The predicted molar refractivity (Wildman–Crippen MR) is 185 cm³/mol. The second kappa shape index (κ2) is 17.9. The van der Waals surface area contributed by atoms with Gasteiger partial charge in [0.2, 0.25) is 17.4 Å². The van der Waals surface area contributed by atoms with Gasteiger partial charge >= 0.3 is 12.1 Å². The van der Waals surface area contributed by atoms with Gasteiger partial charge < -0.3 is 37.5 Å². The van der Waals surface area contributed by atoms with Gasteiger partial charge in [-0.2, -0.15) is 0 Å². The molecule has 0 spiro atoms. The van der Waals surface area contributed by atoms with Gasteiger partial charge in [-0.3, -0.25) is 24.1 Å². The van der Waals surface area contributed by atoms with Gasteiger partial charge in [0.15, 0.2) is 11.6 Å². The molecule has 0 aromatic heterocycles. The second-order valence-corrected chi connectivity index (χ2v) is 13.4. The molecule has 0 saturated heterocycles. The summed E-state index contributed by atoms with van der Waals surface area (Å²) in [4.78, 5) is 82.9. The van der Waals surface area contributed by atoms with E-state index in [1.54, 1.807) is 56.3 Å². The maximum absolute atomic E-state index is 14.2. The molecule has 0 aliphatic carbocycles. The summed E-state index contributed by atoms with van der Waals surface area (Å²) in [6.45, 7) is 7.53. The van der Waals surface area contributed by atoms with Crippen LogP contribution in [0.3, 0.4) is 0 Å². The number of aliphatic carboxylic acids is 1. The molecule has 0 radical (unpaired) electrons. The molecule has 0 fully saturated rings. The van der Waals surface area contributed by atoms with E-state index in [-0.39, 0.29) is 24.3 Å². The number of rotatable bonds is 18. The molecule has 0 aliphatic heterocycles. The molecule has 50 heavy (non-hydrogen) atoms. The predicted octanol–water partition coefficient (Wildman–Crippen LogP) is 1.69. The number of ether oxygens (including phenoxy) is 1. The molecular weight excluding hydrogens is 646 g/mol. The van der Waals surface area contributed by atoms with Gasteiger partial charge in [0.25, 0.3) is 0 Å². The van der Waals surface area contributed by atoms with Crippen molar-refractivity contribution in [1.82, 2.24) is 10.2 Å². The zero-order valence-corrected chi connectivity index (χ0v) is 29.5. The number of aliphatic hydroxyl groups excluding tert-OH is 1. The van der Waals surface area contributed by atoms with Crippen molar-refractivity contribution in [1.29, 1.82) is 0 Å². The molecule has 2 aromatic carbocycles. The zero-order chi connectivity index (χ0) is 38.0. The number of amides is 3. The smallest absolute Gasteiger partial charge is 0.408 e. The van der Waals surface area contributed by atoms with E-state index >= 15 is 0 Å². The fourth-order valence-electron chi connectivity index (χ4n) is 5.75. The molecular formula is C36H51N5O9. The van der Waals surface area contributed by atoms with E-state index in [0.717, 1.165) is 26.3 Å². The Labute approximate surface area is 292 Å². The first-order valence-corrected chi connectivity index (χ1v) is 16.4. The Bertz CT molecular complexity index is 1500. The van der Waals surface area contributed by atoms with Crippen molar-refractivity contribution in [2.24, 2.45) is 28.5 Å². The summed E-state index contributed by atoms with van der Waals surface area (Å²) < 4.78 is 5.20. The van der Waals surface area contributed by atoms with Crippen LogP contribution in [0.4, 0.5) is 4.79 Å². The number of ketones is 2. The van der Waals surface area contributed by atoms with Gasteiger partial charge in [0, 0.05) is 12.5 Å². The Morgan fingerprint density at radius 3 is 1.84 bits per heavy atom. The summed E-state index contributed by atoms with van der Waals surface area (Å²) >= 11 is 0. The fraction of sp³-hybridized carbons (Fsp3) is 0.500. The molecule has 3 amide bonds. The highest BCUT2D eigenvalue weighted by atomic mass is 16.5. The second-order valence-electron chi connectivity index (χ2n) is 13.4. The van der Waals surface area contributed by atoms with Crippen molar-refractivity contribution in [2.45, 2.75) is 103 Å². The summed E-state index contributed by atoms with van der Waals surface area (Å²) in [7, 11) is 0.